The number of aryl methyl sites for hydroxylation is 1. The molecule has 1 aliphatic rings. The number of ether oxygens (including phenoxy) is 1. The highest BCUT2D eigenvalue weighted by atomic mass is 32.2. The lowest BCUT2D eigenvalue weighted by atomic mass is 10.0. The molecule has 4 aromatic heterocycles. The molecule has 1 saturated heterocycles. The fraction of sp³-hybridized carbons (Fsp3) is 0.333. The molecule has 1 amide bonds. The molecule has 202 valence electrons. The fourth-order valence-corrected chi connectivity index (χ4v) is 6.69. The van der Waals surface area contributed by atoms with Crippen molar-refractivity contribution in [1.29, 1.82) is 0 Å². The molecule has 1 aliphatic heterocycles. The maximum atomic E-state index is 13.9. The van der Waals surface area contributed by atoms with Gasteiger partial charge in [-0.1, -0.05) is 23.4 Å². The van der Waals surface area contributed by atoms with Gasteiger partial charge in [0.25, 0.3) is 0 Å². The summed E-state index contributed by atoms with van der Waals surface area (Å²) in [5.41, 5.74) is 3.12. The van der Waals surface area contributed by atoms with E-state index in [1.165, 1.54) is 7.11 Å². The van der Waals surface area contributed by atoms with Gasteiger partial charge in [-0.05, 0) is 38.0 Å². The minimum absolute atomic E-state index is 0.00968. The van der Waals surface area contributed by atoms with Crippen LogP contribution in [0.4, 0.5) is 0 Å². The second-order valence-electron chi connectivity index (χ2n) is 9.72. The molecule has 39 heavy (non-hydrogen) atoms. The molecule has 0 spiro atoms. The first kappa shape index (κ1) is 25.3. The average molecular weight is 549 g/mol. The molecule has 0 atom stereocenters. The van der Waals surface area contributed by atoms with E-state index in [-0.39, 0.29) is 28.5 Å². The molecule has 0 bridgehead atoms. The first-order valence-electron chi connectivity index (χ1n) is 12.7. The Morgan fingerprint density at radius 1 is 1.15 bits per heavy atom. The van der Waals surface area contributed by atoms with E-state index in [0.29, 0.717) is 54.9 Å². The van der Waals surface area contributed by atoms with Gasteiger partial charge in [0.05, 0.1) is 16.1 Å². The van der Waals surface area contributed by atoms with Crippen molar-refractivity contribution in [3.63, 3.8) is 0 Å². The number of likely N-dealkylation sites (tertiary alicyclic amines) is 1. The number of fused-ring (bicyclic) bond motifs is 3. The molecule has 0 radical (unpaired) electrons. The second kappa shape index (κ2) is 9.93. The van der Waals surface area contributed by atoms with E-state index in [4.69, 9.17) is 14.2 Å². The van der Waals surface area contributed by atoms with Crippen molar-refractivity contribution >= 4 is 37.8 Å². The van der Waals surface area contributed by atoms with E-state index in [2.05, 4.69) is 19.7 Å². The summed E-state index contributed by atoms with van der Waals surface area (Å²) in [6.07, 6.45) is 5.13. The van der Waals surface area contributed by atoms with Gasteiger partial charge in [-0.2, -0.15) is 0 Å². The molecule has 1 N–H and O–H groups in total. The number of nitrogens with zero attached hydrogens (tertiary/aromatic N) is 5. The number of nitrogens with one attached hydrogen (secondary N) is 1. The van der Waals surface area contributed by atoms with E-state index in [0.717, 1.165) is 16.6 Å². The first-order valence-corrected chi connectivity index (χ1v) is 14.2. The second-order valence-corrected chi connectivity index (χ2v) is 11.6. The lowest BCUT2D eigenvalue weighted by Gasteiger charge is -2.33. The molecule has 11 nitrogen and oxygen atoms in total. The van der Waals surface area contributed by atoms with E-state index in [1.54, 1.807) is 42.8 Å². The van der Waals surface area contributed by atoms with Crippen molar-refractivity contribution in [2.75, 3.05) is 26.8 Å². The Kier molecular flexibility index (Phi) is 6.43. The maximum Gasteiger partial charge on any atom is 0.248 e. The molecule has 1 aromatic carbocycles. The Morgan fingerprint density at radius 2 is 1.92 bits per heavy atom. The largest absolute Gasteiger partial charge is 0.375 e. The van der Waals surface area contributed by atoms with Crippen LogP contribution in [0.5, 0.6) is 0 Å². The van der Waals surface area contributed by atoms with Gasteiger partial charge < -0.3 is 23.7 Å². The molecular weight excluding hydrogens is 520 g/mol. The van der Waals surface area contributed by atoms with E-state index in [9.17, 15) is 13.2 Å². The van der Waals surface area contributed by atoms with Crippen LogP contribution in [0.25, 0.3) is 22.1 Å². The van der Waals surface area contributed by atoms with Crippen LogP contribution in [0, 0.1) is 6.92 Å². The number of hydrogen-bond donors (Lipinski definition) is 1. The number of hydrogen-bond acceptors (Lipinski definition) is 8. The average Bonchev–Trinajstić information content (AvgIpc) is 3.67. The van der Waals surface area contributed by atoms with Crippen molar-refractivity contribution in [3.05, 3.63) is 65.9 Å². The Hall–Kier alpha value is -4.03. The number of aromatic nitrogens is 5. The van der Waals surface area contributed by atoms with Crippen LogP contribution < -0.4 is 0 Å². The summed E-state index contributed by atoms with van der Waals surface area (Å²) >= 11 is 0. The fourth-order valence-electron chi connectivity index (χ4n) is 5.34. The number of carbonyl (C=O) groups is 1. The third kappa shape index (κ3) is 4.39. The van der Waals surface area contributed by atoms with Crippen molar-refractivity contribution in [3.8, 4) is 0 Å². The number of amides is 1. The number of methoxy groups -OCH3 is 1. The molecule has 1 fully saturated rings. The molecule has 0 unspecified atom stereocenters. The third-order valence-electron chi connectivity index (χ3n) is 7.34. The predicted octanol–water partition coefficient (Wildman–Crippen LogP) is 3.44. The Balaban J connectivity index is 1.54. The van der Waals surface area contributed by atoms with Gasteiger partial charge in [0, 0.05) is 49.8 Å². The Morgan fingerprint density at radius 3 is 2.62 bits per heavy atom. The molecule has 5 heterocycles. The minimum atomic E-state index is -3.97. The summed E-state index contributed by atoms with van der Waals surface area (Å²) in [6.45, 7) is 3.04. The van der Waals surface area contributed by atoms with E-state index < -0.39 is 9.84 Å². The summed E-state index contributed by atoms with van der Waals surface area (Å²) in [6, 6.07) is 10.2. The number of benzene rings is 1. The predicted molar refractivity (Wildman–Crippen MR) is 142 cm³/mol. The first-order chi connectivity index (χ1) is 18.9. The number of aromatic amines is 1. The van der Waals surface area contributed by atoms with Crippen molar-refractivity contribution in [1.82, 2.24) is 29.6 Å². The van der Waals surface area contributed by atoms with Gasteiger partial charge in [-0.25, -0.2) is 18.4 Å². The minimum Gasteiger partial charge on any atom is -0.375 e. The number of H-pyrrole nitrogens is 1. The molecule has 6 rings (SSSR count). The standard InChI is InChI=1S/C27H28N6O5S/c1-17-18(15-38-31-17)14-22-29-24-25(33(22)19-9-12-32(13-10-19)23(34)16-37-2)21-8-11-28-26(21)30-27(24)39(35,36)20-6-4-3-5-7-20/h3-8,11,15,19H,9-10,12-14,16H2,1-2H3,(H,28,30). The van der Waals surface area contributed by atoms with Crippen molar-refractivity contribution < 1.29 is 22.5 Å². The Bertz CT molecular complexity index is 1760. The molecule has 5 aromatic rings. The summed E-state index contributed by atoms with van der Waals surface area (Å²) in [4.78, 5) is 27.0. The lowest BCUT2D eigenvalue weighted by Crippen LogP contribution is -2.41. The number of sulfone groups is 1. The summed E-state index contributed by atoms with van der Waals surface area (Å²) in [5.74, 6) is 0.651. The molecular formula is C27H28N6O5S. The lowest BCUT2D eigenvalue weighted by molar-refractivity contribution is -0.136. The molecule has 0 saturated carbocycles. The van der Waals surface area contributed by atoms with Gasteiger partial charge in [0.2, 0.25) is 15.7 Å². The van der Waals surface area contributed by atoms with E-state index in [1.807, 2.05) is 17.9 Å². The zero-order valence-electron chi connectivity index (χ0n) is 21.6. The molecule has 12 heteroatoms. The highest BCUT2D eigenvalue weighted by Crippen LogP contribution is 2.37. The van der Waals surface area contributed by atoms with Gasteiger partial charge in [-0.15, -0.1) is 0 Å². The van der Waals surface area contributed by atoms with Crippen LogP contribution in [0.2, 0.25) is 0 Å². The topological polar surface area (TPSA) is 136 Å². The summed E-state index contributed by atoms with van der Waals surface area (Å²) < 4.78 is 40.1. The number of carbonyl (C=O) groups excluding carboxylic acids is 1. The molecule has 0 aliphatic carbocycles. The Labute approximate surface area is 224 Å². The number of piperidine rings is 1. The smallest absolute Gasteiger partial charge is 0.248 e. The number of imidazole rings is 1. The van der Waals surface area contributed by atoms with Gasteiger partial charge in [0.1, 0.15) is 29.9 Å². The van der Waals surface area contributed by atoms with Crippen LogP contribution >= 0.6 is 0 Å². The highest BCUT2D eigenvalue weighted by molar-refractivity contribution is 7.91. The quantitative estimate of drug-likeness (QED) is 0.327. The summed E-state index contributed by atoms with van der Waals surface area (Å²) in [5, 5.41) is 4.71. The van der Waals surface area contributed by atoms with Gasteiger partial charge in [-0.3, -0.25) is 4.79 Å². The number of rotatable bonds is 7. The summed E-state index contributed by atoms with van der Waals surface area (Å²) in [7, 11) is -2.46. The monoisotopic (exact) mass is 548 g/mol. The van der Waals surface area contributed by atoms with Crippen molar-refractivity contribution in [2.24, 2.45) is 0 Å². The zero-order valence-corrected chi connectivity index (χ0v) is 22.4. The van der Waals surface area contributed by atoms with Gasteiger partial charge in [0.15, 0.2) is 5.03 Å². The zero-order chi connectivity index (χ0) is 27.1. The number of pyridine rings is 1. The normalized spacial score (nSPS) is 15.0. The van der Waals surface area contributed by atoms with Gasteiger partial charge >= 0.3 is 0 Å². The highest BCUT2D eigenvalue weighted by Gasteiger charge is 2.32. The SMILES string of the molecule is COCC(=O)N1CCC(n2c(Cc3conc3C)nc3c(S(=O)(=O)c4ccccc4)nc4[nH]ccc4c32)CC1. The van der Waals surface area contributed by atoms with Crippen LogP contribution in [-0.2, 0) is 25.8 Å². The third-order valence-corrected chi connectivity index (χ3v) is 9.02. The van der Waals surface area contributed by atoms with Crippen LogP contribution in [0.15, 0.2) is 63.3 Å². The van der Waals surface area contributed by atoms with Crippen LogP contribution in [0.3, 0.4) is 0 Å². The maximum absolute atomic E-state index is 13.9. The van der Waals surface area contributed by atoms with Crippen LogP contribution in [0.1, 0.15) is 36.0 Å². The van der Waals surface area contributed by atoms with Crippen molar-refractivity contribution in [2.45, 2.75) is 42.1 Å². The van der Waals surface area contributed by atoms with E-state index >= 15 is 0 Å². The van der Waals surface area contributed by atoms with Crippen LogP contribution in [-0.4, -0.2) is 70.7 Å².